The molecule has 35 heavy (non-hydrogen) atoms. The summed E-state index contributed by atoms with van der Waals surface area (Å²) in [6.07, 6.45) is -7.33. The monoisotopic (exact) mass is 492 g/mol. The van der Waals surface area contributed by atoms with E-state index in [0.717, 1.165) is 22.3 Å². The molecule has 0 fully saturated rings. The van der Waals surface area contributed by atoms with Gasteiger partial charge in [0.05, 0.1) is 6.42 Å². The van der Waals surface area contributed by atoms with Crippen LogP contribution in [0, 0.1) is 0 Å². The van der Waals surface area contributed by atoms with Crippen LogP contribution in [-0.4, -0.2) is 47.9 Å². The number of alkyl carbamates (subject to hydrolysis) is 1. The summed E-state index contributed by atoms with van der Waals surface area (Å²) in [6.45, 7) is 1.57. The molecule has 2 amide bonds. The lowest BCUT2D eigenvalue weighted by molar-refractivity contribution is -0.140. The fourth-order valence-corrected chi connectivity index (χ4v) is 4.18. The quantitative estimate of drug-likeness (QED) is 0.450. The maximum atomic E-state index is 12.6. The molecule has 2 unspecified atom stereocenters. The Morgan fingerprint density at radius 1 is 1.00 bits per heavy atom. The van der Waals surface area contributed by atoms with Gasteiger partial charge in [0.2, 0.25) is 5.91 Å². The van der Waals surface area contributed by atoms with Gasteiger partial charge in [-0.15, -0.1) is 0 Å². The molecule has 0 aromatic heterocycles. The molecule has 2 aromatic rings. The Morgan fingerprint density at radius 2 is 1.57 bits per heavy atom. The minimum Gasteiger partial charge on any atom is -0.481 e. The van der Waals surface area contributed by atoms with E-state index in [2.05, 4.69) is 10.6 Å². The standard InChI is InChI=1S/C25H27F3N2O5/c1-2-15(11-12-25(26,27)28)29-23(33)21(13-22(31)32)30-24(34)35-14-20-18-9-5-3-7-16(18)17-8-4-6-10-19(17)20/h3-10,15,20-21H,2,11-14H2,1H3,(H,29,33)(H,30,34)(H,31,32). The first-order chi connectivity index (χ1) is 16.6. The summed E-state index contributed by atoms with van der Waals surface area (Å²) in [4.78, 5) is 36.3. The Morgan fingerprint density at radius 3 is 2.09 bits per heavy atom. The molecule has 2 atom stereocenters. The van der Waals surface area contributed by atoms with E-state index >= 15 is 0 Å². The van der Waals surface area contributed by atoms with Gasteiger partial charge in [-0.1, -0.05) is 55.5 Å². The molecule has 10 heteroatoms. The van der Waals surface area contributed by atoms with Crippen LogP contribution in [0.25, 0.3) is 11.1 Å². The molecule has 7 nitrogen and oxygen atoms in total. The average Bonchev–Trinajstić information content (AvgIpc) is 3.12. The number of carbonyl (C=O) groups is 3. The number of fused-ring (bicyclic) bond motifs is 3. The number of alkyl halides is 3. The lowest BCUT2D eigenvalue weighted by Gasteiger charge is -2.22. The van der Waals surface area contributed by atoms with Gasteiger partial charge in [0.15, 0.2) is 0 Å². The first-order valence-corrected chi connectivity index (χ1v) is 11.3. The molecule has 2 aromatic carbocycles. The third kappa shape index (κ3) is 6.97. The molecule has 3 rings (SSSR count). The molecule has 1 aliphatic carbocycles. The van der Waals surface area contributed by atoms with Gasteiger partial charge in [-0.3, -0.25) is 9.59 Å². The van der Waals surface area contributed by atoms with Crippen LogP contribution in [0.1, 0.15) is 49.7 Å². The smallest absolute Gasteiger partial charge is 0.407 e. The van der Waals surface area contributed by atoms with Gasteiger partial charge in [-0.25, -0.2) is 4.79 Å². The van der Waals surface area contributed by atoms with Crippen LogP contribution in [-0.2, 0) is 14.3 Å². The highest BCUT2D eigenvalue weighted by molar-refractivity contribution is 5.89. The number of carboxylic acid groups (broad SMARTS) is 1. The van der Waals surface area contributed by atoms with Crippen molar-refractivity contribution in [1.29, 1.82) is 0 Å². The fraction of sp³-hybridized carbons (Fsp3) is 0.400. The summed E-state index contributed by atoms with van der Waals surface area (Å²) >= 11 is 0. The Hall–Kier alpha value is -3.56. The van der Waals surface area contributed by atoms with Crippen molar-refractivity contribution in [3.05, 3.63) is 59.7 Å². The number of nitrogens with one attached hydrogen (secondary N) is 2. The van der Waals surface area contributed by atoms with E-state index in [9.17, 15) is 27.6 Å². The lowest BCUT2D eigenvalue weighted by Crippen LogP contribution is -2.50. The van der Waals surface area contributed by atoms with E-state index < -0.39 is 49.1 Å². The number of aliphatic carboxylic acids is 1. The number of amides is 2. The second-order valence-corrected chi connectivity index (χ2v) is 8.39. The maximum absolute atomic E-state index is 12.6. The summed E-state index contributed by atoms with van der Waals surface area (Å²) < 4.78 is 42.9. The van der Waals surface area contributed by atoms with Crippen LogP contribution in [0.5, 0.6) is 0 Å². The first kappa shape index (κ1) is 26.1. The molecule has 0 saturated carbocycles. The summed E-state index contributed by atoms with van der Waals surface area (Å²) in [5.74, 6) is -2.46. The third-order valence-corrected chi connectivity index (χ3v) is 5.95. The summed E-state index contributed by atoms with van der Waals surface area (Å²) in [5.41, 5.74) is 4.03. The molecule has 0 aliphatic heterocycles. The van der Waals surface area contributed by atoms with Gasteiger partial charge in [-0.2, -0.15) is 13.2 Å². The van der Waals surface area contributed by atoms with E-state index in [4.69, 9.17) is 9.84 Å². The Balaban J connectivity index is 1.63. The molecular formula is C25H27F3N2O5. The van der Waals surface area contributed by atoms with Crippen molar-refractivity contribution in [2.24, 2.45) is 0 Å². The van der Waals surface area contributed by atoms with Crippen molar-refractivity contribution >= 4 is 18.0 Å². The van der Waals surface area contributed by atoms with Gasteiger partial charge >= 0.3 is 18.2 Å². The zero-order valence-electron chi connectivity index (χ0n) is 19.1. The van der Waals surface area contributed by atoms with Gasteiger partial charge in [0.1, 0.15) is 12.6 Å². The van der Waals surface area contributed by atoms with Crippen molar-refractivity contribution in [2.75, 3.05) is 6.61 Å². The predicted molar refractivity (Wildman–Crippen MR) is 122 cm³/mol. The van der Waals surface area contributed by atoms with E-state index in [1.165, 1.54) is 0 Å². The first-order valence-electron chi connectivity index (χ1n) is 11.3. The molecule has 188 valence electrons. The van der Waals surface area contributed by atoms with Crippen molar-refractivity contribution in [2.45, 2.75) is 56.8 Å². The van der Waals surface area contributed by atoms with Crippen LogP contribution < -0.4 is 10.6 Å². The molecule has 0 radical (unpaired) electrons. The highest BCUT2D eigenvalue weighted by Crippen LogP contribution is 2.44. The molecule has 3 N–H and O–H groups in total. The van der Waals surface area contributed by atoms with E-state index in [1.54, 1.807) is 6.92 Å². The maximum Gasteiger partial charge on any atom is 0.407 e. The number of carbonyl (C=O) groups excluding carboxylic acids is 2. The zero-order chi connectivity index (χ0) is 25.6. The molecule has 0 heterocycles. The number of benzene rings is 2. The average molecular weight is 492 g/mol. The molecule has 0 bridgehead atoms. The zero-order valence-corrected chi connectivity index (χ0v) is 19.1. The normalized spacial score (nSPS) is 14.4. The molecular weight excluding hydrogens is 465 g/mol. The van der Waals surface area contributed by atoms with E-state index in [0.29, 0.717) is 0 Å². The number of hydrogen-bond donors (Lipinski definition) is 3. The number of rotatable bonds is 10. The fourth-order valence-electron chi connectivity index (χ4n) is 4.18. The van der Waals surface area contributed by atoms with Crippen LogP contribution in [0.4, 0.5) is 18.0 Å². The third-order valence-electron chi connectivity index (χ3n) is 5.95. The van der Waals surface area contributed by atoms with Crippen LogP contribution in [0.15, 0.2) is 48.5 Å². The number of halogens is 3. The molecule has 0 spiro atoms. The predicted octanol–water partition coefficient (Wildman–Crippen LogP) is 4.61. The van der Waals surface area contributed by atoms with Crippen LogP contribution >= 0.6 is 0 Å². The number of carboxylic acids is 1. The lowest BCUT2D eigenvalue weighted by atomic mass is 9.98. The largest absolute Gasteiger partial charge is 0.481 e. The Kier molecular flexibility index (Phi) is 8.37. The molecule has 0 saturated heterocycles. The summed E-state index contributed by atoms with van der Waals surface area (Å²) in [6, 6.07) is 13.1. The van der Waals surface area contributed by atoms with Crippen LogP contribution in [0.2, 0.25) is 0 Å². The highest BCUT2D eigenvalue weighted by Gasteiger charge is 2.32. The topological polar surface area (TPSA) is 105 Å². The van der Waals surface area contributed by atoms with Gasteiger partial charge in [-0.05, 0) is 35.1 Å². The van der Waals surface area contributed by atoms with Gasteiger partial charge in [0, 0.05) is 18.4 Å². The SMILES string of the molecule is CCC(CCC(F)(F)F)NC(=O)C(CC(=O)O)NC(=O)OCC1c2ccccc2-c2ccccc21. The highest BCUT2D eigenvalue weighted by atomic mass is 19.4. The van der Waals surface area contributed by atoms with Crippen molar-refractivity contribution in [3.63, 3.8) is 0 Å². The van der Waals surface area contributed by atoms with E-state index in [1.807, 2.05) is 48.5 Å². The number of ether oxygens (including phenoxy) is 1. The summed E-state index contributed by atoms with van der Waals surface area (Å²) in [7, 11) is 0. The summed E-state index contributed by atoms with van der Waals surface area (Å²) in [5, 5.41) is 13.8. The van der Waals surface area contributed by atoms with Gasteiger partial charge in [0.25, 0.3) is 0 Å². The van der Waals surface area contributed by atoms with Crippen molar-refractivity contribution in [1.82, 2.24) is 10.6 Å². The Bertz CT molecular complexity index is 1030. The second kappa shape index (κ2) is 11.2. The van der Waals surface area contributed by atoms with Crippen LogP contribution in [0.3, 0.4) is 0 Å². The van der Waals surface area contributed by atoms with Crippen molar-refractivity contribution in [3.8, 4) is 11.1 Å². The van der Waals surface area contributed by atoms with Gasteiger partial charge < -0.3 is 20.5 Å². The van der Waals surface area contributed by atoms with E-state index in [-0.39, 0.29) is 25.4 Å². The van der Waals surface area contributed by atoms with Crippen molar-refractivity contribution < 1.29 is 37.4 Å². The second-order valence-electron chi connectivity index (χ2n) is 8.39. The minimum atomic E-state index is -4.38. The Labute approximate surface area is 200 Å². The molecule has 1 aliphatic rings. The minimum absolute atomic E-state index is 0.0373. The number of hydrogen-bond acceptors (Lipinski definition) is 4.